The first-order chi connectivity index (χ1) is 10.9. The zero-order valence-corrected chi connectivity index (χ0v) is 12.0. The molecule has 1 aliphatic carbocycles. The minimum absolute atomic E-state index is 1.05. The van der Waals surface area contributed by atoms with Crippen LogP contribution >= 0.6 is 0 Å². The lowest BCUT2D eigenvalue weighted by molar-refractivity contribution is 1.42. The summed E-state index contributed by atoms with van der Waals surface area (Å²) in [5, 5.41) is 7.70. The summed E-state index contributed by atoms with van der Waals surface area (Å²) in [6.45, 7) is 0. The Hall–Kier alpha value is -2.93. The van der Waals surface area contributed by atoms with Gasteiger partial charge in [0, 0.05) is 11.8 Å². The van der Waals surface area contributed by atoms with Crippen LogP contribution in [0.1, 0.15) is 0 Å². The molecule has 1 nitrogen and oxygen atoms in total. The van der Waals surface area contributed by atoms with E-state index in [2.05, 4.69) is 77.8 Å². The van der Waals surface area contributed by atoms with Crippen LogP contribution in [0, 0.1) is 0 Å². The smallest absolute Gasteiger partial charge is 0.0708 e. The fourth-order valence-electron chi connectivity index (χ4n) is 3.39. The monoisotopic (exact) mass is 279 g/mol. The van der Waals surface area contributed by atoms with Gasteiger partial charge in [-0.05, 0) is 56.6 Å². The minimum Gasteiger partial charge on any atom is -0.256 e. The second kappa shape index (κ2) is 4.28. The Morgan fingerprint density at radius 3 is 2.32 bits per heavy atom. The van der Waals surface area contributed by atoms with Gasteiger partial charge in [0.25, 0.3) is 0 Å². The summed E-state index contributed by atoms with van der Waals surface area (Å²) in [4.78, 5) is 4.44. The Bertz CT molecular complexity index is 1120. The highest BCUT2D eigenvalue weighted by molar-refractivity contribution is 6.14. The van der Waals surface area contributed by atoms with Crippen LogP contribution in [-0.4, -0.2) is 4.98 Å². The average Bonchev–Trinajstić information content (AvgIpc) is 2.94. The van der Waals surface area contributed by atoms with E-state index in [9.17, 15) is 0 Å². The van der Waals surface area contributed by atoms with Gasteiger partial charge in [-0.3, -0.25) is 4.98 Å². The summed E-state index contributed by atoms with van der Waals surface area (Å²) in [6.07, 6.45) is 1.88. The number of rotatable bonds is 0. The summed E-state index contributed by atoms with van der Waals surface area (Å²) < 4.78 is 0. The SMILES string of the molecule is c1ccc2cc3c(ccc4c5ccnc-5cccc43)cc2c1. The van der Waals surface area contributed by atoms with E-state index in [1.165, 1.54) is 37.9 Å². The zero-order chi connectivity index (χ0) is 14.5. The van der Waals surface area contributed by atoms with Gasteiger partial charge in [0.2, 0.25) is 0 Å². The van der Waals surface area contributed by atoms with E-state index in [-0.39, 0.29) is 0 Å². The van der Waals surface area contributed by atoms with Crippen molar-refractivity contribution in [2.75, 3.05) is 0 Å². The molecule has 0 saturated carbocycles. The highest BCUT2D eigenvalue weighted by atomic mass is 14.7. The Balaban J connectivity index is 2.03. The van der Waals surface area contributed by atoms with E-state index >= 15 is 0 Å². The highest BCUT2D eigenvalue weighted by Gasteiger charge is 2.09. The van der Waals surface area contributed by atoms with Gasteiger partial charge in [0.1, 0.15) is 0 Å². The molecule has 0 unspecified atom stereocenters. The first-order valence-electron chi connectivity index (χ1n) is 7.49. The molecule has 0 atom stereocenters. The second-order valence-electron chi connectivity index (χ2n) is 5.72. The molecule has 1 aliphatic heterocycles. The molecule has 0 radical (unpaired) electrons. The van der Waals surface area contributed by atoms with Crippen molar-refractivity contribution >= 4 is 32.3 Å². The number of fused-ring (bicyclic) bond motifs is 6. The Morgan fingerprint density at radius 2 is 1.41 bits per heavy atom. The maximum absolute atomic E-state index is 4.44. The maximum atomic E-state index is 4.44. The van der Waals surface area contributed by atoms with Gasteiger partial charge in [-0.15, -0.1) is 0 Å². The van der Waals surface area contributed by atoms with Gasteiger partial charge in [-0.25, -0.2) is 0 Å². The molecule has 0 bridgehead atoms. The molecule has 0 saturated heterocycles. The van der Waals surface area contributed by atoms with Gasteiger partial charge >= 0.3 is 0 Å². The fourth-order valence-corrected chi connectivity index (χ4v) is 3.39. The topological polar surface area (TPSA) is 12.9 Å². The van der Waals surface area contributed by atoms with E-state index in [1.54, 1.807) is 0 Å². The molecule has 22 heavy (non-hydrogen) atoms. The maximum Gasteiger partial charge on any atom is 0.0708 e. The summed E-state index contributed by atoms with van der Waals surface area (Å²) in [5.41, 5.74) is 2.27. The van der Waals surface area contributed by atoms with E-state index in [0.29, 0.717) is 0 Å². The third-order valence-electron chi connectivity index (χ3n) is 4.47. The Labute approximate surface area is 128 Å². The van der Waals surface area contributed by atoms with Crippen LogP contribution in [0.4, 0.5) is 0 Å². The lowest BCUT2D eigenvalue weighted by atomic mass is 9.98. The van der Waals surface area contributed by atoms with Crippen molar-refractivity contribution in [1.29, 1.82) is 0 Å². The fraction of sp³-hybridized carbons (Fsp3) is 0. The van der Waals surface area contributed by atoms with Crippen molar-refractivity contribution < 1.29 is 0 Å². The van der Waals surface area contributed by atoms with Crippen LogP contribution in [0.25, 0.3) is 43.6 Å². The van der Waals surface area contributed by atoms with Crippen LogP contribution < -0.4 is 0 Å². The predicted molar refractivity (Wildman–Crippen MR) is 93.4 cm³/mol. The second-order valence-corrected chi connectivity index (χ2v) is 5.72. The van der Waals surface area contributed by atoms with E-state index in [1.807, 2.05) is 6.20 Å². The molecular formula is C21H13N. The van der Waals surface area contributed by atoms with Gasteiger partial charge in [0.05, 0.1) is 5.69 Å². The van der Waals surface area contributed by atoms with E-state index in [0.717, 1.165) is 5.69 Å². The van der Waals surface area contributed by atoms with Crippen LogP contribution in [0.3, 0.4) is 0 Å². The van der Waals surface area contributed by atoms with Crippen molar-refractivity contribution in [3.63, 3.8) is 0 Å². The van der Waals surface area contributed by atoms with Crippen molar-refractivity contribution in [2.24, 2.45) is 0 Å². The molecule has 0 N–H and O–H groups in total. The number of hydrogen-bond acceptors (Lipinski definition) is 1. The third kappa shape index (κ3) is 1.57. The lowest BCUT2D eigenvalue weighted by Gasteiger charge is -2.06. The molecule has 2 aliphatic rings. The molecule has 3 aromatic rings. The Morgan fingerprint density at radius 1 is 0.545 bits per heavy atom. The highest BCUT2D eigenvalue weighted by Crippen LogP contribution is 2.34. The van der Waals surface area contributed by atoms with Crippen molar-refractivity contribution in [3.05, 3.63) is 79.0 Å². The van der Waals surface area contributed by atoms with Crippen molar-refractivity contribution in [3.8, 4) is 11.3 Å². The van der Waals surface area contributed by atoms with Crippen molar-refractivity contribution in [1.82, 2.24) is 4.98 Å². The van der Waals surface area contributed by atoms with Crippen LogP contribution in [-0.2, 0) is 0 Å². The minimum atomic E-state index is 1.05. The van der Waals surface area contributed by atoms with Crippen LogP contribution in [0.2, 0.25) is 0 Å². The first-order valence-corrected chi connectivity index (χ1v) is 7.49. The number of hydrogen-bond donors (Lipinski definition) is 0. The van der Waals surface area contributed by atoms with Crippen LogP contribution in [0.15, 0.2) is 79.0 Å². The number of benzene rings is 3. The first kappa shape index (κ1) is 11.7. The summed E-state index contributed by atoms with van der Waals surface area (Å²) >= 11 is 0. The molecule has 1 heteroatoms. The van der Waals surface area contributed by atoms with Gasteiger partial charge in [-0.1, -0.05) is 48.5 Å². The molecule has 3 aromatic carbocycles. The molecule has 0 amide bonds. The van der Waals surface area contributed by atoms with E-state index < -0.39 is 0 Å². The lowest BCUT2D eigenvalue weighted by Crippen LogP contribution is -1.79. The predicted octanol–water partition coefficient (Wildman–Crippen LogP) is 5.65. The molecule has 5 rings (SSSR count). The largest absolute Gasteiger partial charge is 0.256 e. The average molecular weight is 279 g/mol. The van der Waals surface area contributed by atoms with Crippen molar-refractivity contribution in [2.45, 2.75) is 0 Å². The normalized spacial score (nSPS) is 11.6. The van der Waals surface area contributed by atoms with Crippen LogP contribution in [0.5, 0.6) is 0 Å². The van der Waals surface area contributed by atoms with E-state index in [4.69, 9.17) is 0 Å². The molecule has 1 heterocycles. The summed E-state index contributed by atoms with van der Waals surface area (Å²) in [6, 6.07) is 26.0. The molecule has 0 fully saturated rings. The molecule has 0 spiro atoms. The molecular weight excluding hydrogens is 266 g/mol. The Kier molecular flexibility index (Phi) is 2.28. The molecule has 0 aromatic heterocycles. The van der Waals surface area contributed by atoms with Gasteiger partial charge < -0.3 is 0 Å². The zero-order valence-electron chi connectivity index (χ0n) is 12.0. The third-order valence-corrected chi connectivity index (χ3v) is 4.47. The number of aromatic nitrogens is 1. The molecule has 102 valence electrons. The van der Waals surface area contributed by atoms with Gasteiger partial charge in [0.15, 0.2) is 0 Å². The summed E-state index contributed by atoms with van der Waals surface area (Å²) in [5.74, 6) is 0. The summed E-state index contributed by atoms with van der Waals surface area (Å²) in [7, 11) is 0. The quantitative estimate of drug-likeness (QED) is 0.334. The number of nitrogens with zero attached hydrogens (tertiary/aromatic N) is 1. The van der Waals surface area contributed by atoms with Gasteiger partial charge in [-0.2, -0.15) is 0 Å². The standard InChI is InChI=1S/C21H13N/c1-2-5-15-13-20-16(12-14(15)4-1)8-9-18-17(20)6-3-7-21-19(18)10-11-22-21/h1-13H.